The Labute approximate surface area is 123 Å². The second-order valence-electron chi connectivity index (χ2n) is 5.59. The minimum Gasteiger partial charge on any atom is -0.391 e. The molecular weight excluding hydrogens is 300 g/mol. The van der Waals surface area contributed by atoms with Gasteiger partial charge in [0.05, 0.1) is 12.2 Å². The smallest absolute Gasteiger partial charge is 0.243 e. The van der Waals surface area contributed by atoms with E-state index in [1.807, 2.05) is 6.92 Å². The number of sulfonamides is 1. The van der Waals surface area contributed by atoms with Crippen molar-refractivity contribution in [2.45, 2.75) is 50.2 Å². The maximum Gasteiger partial charge on any atom is 0.243 e. The molecule has 21 heavy (non-hydrogen) atoms. The Kier molecular flexibility index (Phi) is 4.95. The molecule has 0 aliphatic heterocycles. The van der Waals surface area contributed by atoms with Crippen molar-refractivity contribution in [3.63, 3.8) is 0 Å². The van der Waals surface area contributed by atoms with E-state index in [2.05, 4.69) is 4.72 Å². The van der Waals surface area contributed by atoms with Crippen LogP contribution < -0.4 is 4.72 Å². The first-order chi connectivity index (χ1) is 9.85. The Balaban J connectivity index is 2.27. The maximum absolute atomic E-state index is 14.0. The average Bonchev–Trinajstić information content (AvgIpc) is 2.38. The molecule has 1 aromatic rings. The zero-order valence-electron chi connectivity index (χ0n) is 11.8. The number of aliphatic hydroxyl groups is 1. The van der Waals surface area contributed by atoms with Gasteiger partial charge in [0.1, 0.15) is 10.7 Å². The molecule has 4 nitrogen and oxygen atoms in total. The molecule has 7 heteroatoms. The van der Waals surface area contributed by atoms with Crippen molar-refractivity contribution in [1.82, 2.24) is 4.72 Å². The predicted molar refractivity (Wildman–Crippen MR) is 74.0 cm³/mol. The molecular formula is C14H19F2NO3S. The fourth-order valence-corrected chi connectivity index (χ4v) is 4.14. The molecule has 0 amide bonds. The first kappa shape index (κ1) is 16.3. The Morgan fingerprint density at radius 1 is 1.33 bits per heavy atom. The number of aliphatic hydroxyl groups excluding tert-OH is 1. The summed E-state index contributed by atoms with van der Waals surface area (Å²) in [5.41, 5.74) is -0.630. The van der Waals surface area contributed by atoms with Crippen LogP contribution in [0.25, 0.3) is 0 Å². The molecule has 1 fully saturated rings. The van der Waals surface area contributed by atoms with Crippen LogP contribution >= 0.6 is 0 Å². The van der Waals surface area contributed by atoms with Crippen LogP contribution in [0.1, 0.15) is 38.2 Å². The lowest BCUT2D eigenvalue weighted by Crippen LogP contribution is -2.38. The molecule has 2 unspecified atom stereocenters. The van der Waals surface area contributed by atoms with Crippen molar-refractivity contribution in [2.75, 3.05) is 0 Å². The zero-order chi connectivity index (χ0) is 15.6. The highest BCUT2D eigenvalue weighted by atomic mass is 32.2. The summed E-state index contributed by atoms with van der Waals surface area (Å²) in [4.78, 5) is -0.619. The maximum atomic E-state index is 14.0. The third-order valence-corrected chi connectivity index (χ3v) is 5.39. The first-order valence-corrected chi connectivity index (χ1v) is 8.43. The summed E-state index contributed by atoms with van der Waals surface area (Å²) < 4.78 is 54.3. The van der Waals surface area contributed by atoms with Gasteiger partial charge in [0.25, 0.3) is 0 Å². The van der Waals surface area contributed by atoms with Gasteiger partial charge in [-0.2, -0.15) is 0 Å². The zero-order valence-corrected chi connectivity index (χ0v) is 12.6. The SMILES string of the molecule is CC1CCCC(NS(=O)(=O)c2ccc(F)c(CO)c2F)C1. The van der Waals surface area contributed by atoms with E-state index in [1.165, 1.54) is 0 Å². The molecule has 2 N–H and O–H groups in total. The number of rotatable bonds is 4. The molecule has 0 heterocycles. The Bertz CT molecular complexity index is 619. The Morgan fingerprint density at radius 3 is 2.67 bits per heavy atom. The standard InChI is InChI=1S/C14H19F2NO3S/c1-9-3-2-4-10(7-9)17-21(19,20)13-6-5-12(15)11(8-18)14(13)16/h5-6,9-10,17-18H,2-4,7-8H2,1H3. The third kappa shape index (κ3) is 3.59. The van der Waals surface area contributed by atoms with Crippen LogP contribution in [-0.4, -0.2) is 19.6 Å². The molecule has 118 valence electrons. The molecule has 1 saturated carbocycles. The molecule has 0 aromatic heterocycles. The highest BCUT2D eigenvalue weighted by molar-refractivity contribution is 7.89. The van der Waals surface area contributed by atoms with Crippen molar-refractivity contribution in [3.8, 4) is 0 Å². The highest BCUT2D eigenvalue weighted by Gasteiger charge is 2.28. The second kappa shape index (κ2) is 6.37. The third-order valence-electron chi connectivity index (χ3n) is 3.86. The van der Waals surface area contributed by atoms with Crippen molar-refractivity contribution in [2.24, 2.45) is 5.92 Å². The van der Waals surface area contributed by atoms with Crippen LogP contribution in [0.5, 0.6) is 0 Å². The fraction of sp³-hybridized carbons (Fsp3) is 0.571. The topological polar surface area (TPSA) is 66.4 Å². The van der Waals surface area contributed by atoms with Gasteiger partial charge in [-0.05, 0) is 30.9 Å². The lowest BCUT2D eigenvalue weighted by Gasteiger charge is -2.27. The Hall–Kier alpha value is -1.05. The quantitative estimate of drug-likeness (QED) is 0.895. The van der Waals surface area contributed by atoms with Crippen LogP contribution in [0.15, 0.2) is 17.0 Å². The fourth-order valence-electron chi connectivity index (χ4n) is 2.75. The summed E-state index contributed by atoms with van der Waals surface area (Å²) in [6.07, 6.45) is 3.38. The van der Waals surface area contributed by atoms with E-state index in [1.54, 1.807) is 0 Å². The molecule has 0 saturated heterocycles. The number of nitrogens with one attached hydrogen (secondary N) is 1. The summed E-state index contributed by atoms with van der Waals surface area (Å²) in [5, 5.41) is 8.95. The monoisotopic (exact) mass is 319 g/mol. The lowest BCUT2D eigenvalue weighted by molar-refractivity contribution is 0.267. The molecule has 1 aromatic carbocycles. The number of hydrogen-bond acceptors (Lipinski definition) is 3. The normalized spacial score (nSPS) is 23.2. The van der Waals surface area contributed by atoms with Gasteiger partial charge in [-0.3, -0.25) is 0 Å². The van der Waals surface area contributed by atoms with Gasteiger partial charge in [0.2, 0.25) is 10.0 Å². The van der Waals surface area contributed by atoms with Crippen molar-refractivity contribution in [1.29, 1.82) is 0 Å². The molecule has 2 rings (SSSR count). The van der Waals surface area contributed by atoms with Crippen molar-refractivity contribution in [3.05, 3.63) is 29.3 Å². The summed E-state index contributed by atoms with van der Waals surface area (Å²) in [7, 11) is -4.07. The van der Waals surface area contributed by atoms with Crippen LogP contribution in [0.4, 0.5) is 8.78 Å². The van der Waals surface area contributed by atoms with Gasteiger partial charge in [-0.25, -0.2) is 21.9 Å². The van der Waals surface area contributed by atoms with Crippen molar-refractivity contribution >= 4 is 10.0 Å². The molecule has 0 radical (unpaired) electrons. The van der Waals surface area contributed by atoms with Gasteiger partial charge < -0.3 is 5.11 Å². The van der Waals surface area contributed by atoms with Crippen LogP contribution in [0.3, 0.4) is 0 Å². The van der Waals surface area contributed by atoms with E-state index in [4.69, 9.17) is 5.11 Å². The average molecular weight is 319 g/mol. The second-order valence-corrected chi connectivity index (χ2v) is 7.27. The number of benzene rings is 1. The largest absolute Gasteiger partial charge is 0.391 e. The van der Waals surface area contributed by atoms with Gasteiger partial charge in [-0.1, -0.05) is 19.8 Å². The number of halogens is 2. The summed E-state index contributed by atoms with van der Waals surface area (Å²) in [5.74, 6) is -1.77. The molecule has 2 atom stereocenters. The predicted octanol–water partition coefficient (Wildman–Crippen LogP) is 2.31. The van der Waals surface area contributed by atoms with Crippen molar-refractivity contribution < 1.29 is 22.3 Å². The van der Waals surface area contributed by atoms with Gasteiger partial charge >= 0.3 is 0 Å². The van der Waals surface area contributed by atoms with Crippen LogP contribution in [0.2, 0.25) is 0 Å². The molecule has 0 spiro atoms. The minimum absolute atomic E-state index is 0.235. The number of hydrogen-bond donors (Lipinski definition) is 2. The van der Waals surface area contributed by atoms with E-state index >= 15 is 0 Å². The van der Waals surface area contributed by atoms with E-state index in [9.17, 15) is 17.2 Å². The molecule has 1 aliphatic carbocycles. The molecule has 0 bridgehead atoms. The Morgan fingerprint density at radius 2 is 2.05 bits per heavy atom. The highest BCUT2D eigenvalue weighted by Crippen LogP contribution is 2.26. The van der Waals surface area contributed by atoms with E-state index in [-0.39, 0.29) is 6.04 Å². The van der Waals surface area contributed by atoms with Gasteiger partial charge in [0.15, 0.2) is 5.82 Å². The minimum atomic E-state index is -4.07. The lowest BCUT2D eigenvalue weighted by atomic mass is 9.88. The summed E-state index contributed by atoms with van der Waals surface area (Å²) in [6, 6.07) is 1.51. The first-order valence-electron chi connectivity index (χ1n) is 6.95. The summed E-state index contributed by atoms with van der Waals surface area (Å²) in [6.45, 7) is 1.16. The van der Waals surface area contributed by atoms with Gasteiger partial charge in [-0.15, -0.1) is 0 Å². The van der Waals surface area contributed by atoms with E-state index < -0.39 is 38.7 Å². The van der Waals surface area contributed by atoms with Crippen LogP contribution in [-0.2, 0) is 16.6 Å². The van der Waals surface area contributed by atoms with Crippen LogP contribution in [0, 0.1) is 17.6 Å². The van der Waals surface area contributed by atoms with E-state index in [0.717, 1.165) is 25.0 Å². The summed E-state index contributed by atoms with van der Waals surface area (Å²) >= 11 is 0. The van der Waals surface area contributed by atoms with E-state index in [0.29, 0.717) is 18.8 Å². The van der Waals surface area contributed by atoms with Gasteiger partial charge in [0, 0.05) is 6.04 Å². The molecule has 1 aliphatic rings.